The number of hydrogen-bond acceptors (Lipinski definition) is 6. The first-order valence-corrected chi connectivity index (χ1v) is 13.3. The third-order valence-electron chi connectivity index (χ3n) is 7.53. The molecule has 1 aromatic rings. The Bertz CT molecular complexity index is 786. The second-order valence-corrected chi connectivity index (χ2v) is 9.91. The summed E-state index contributed by atoms with van der Waals surface area (Å²) in [5.74, 6) is 1.31. The molecule has 0 aliphatic carbocycles. The van der Waals surface area contributed by atoms with Gasteiger partial charge in [0, 0.05) is 13.1 Å². The molecule has 0 aromatic heterocycles. The van der Waals surface area contributed by atoms with Crippen molar-refractivity contribution in [3.8, 4) is 5.75 Å². The molecule has 34 heavy (non-hydrogen) atoms. The smallest absolute Gasteiger partial charge is 0.251 e. The summed E-state index contributed by atoms with van der Waals surface area (Å²) in [4.78, 5) is 32.1. The lowest BCUT2D eigenvalue weighted by molar-refractivity contribution is -0.123. The molecule has 1 atom stereocenters. The molecule has 3 heterocycles. The Morgan fingerprint density at radius 1 is 0.971 bits per heavy atom. The number of amides is 2. The second-order valence-electron chi connectivity index (χ2n) is 9.91. The molecule has 0 saturated carbocycles. The van der Waals surface area contributed by atoms with Crippen LogP contribution in [0, 0.1) is 5.92 Å². The third-order valence-corrected chi connectivity index (χ3v) is 7.53. The molecule has 7 heteroatoms. The van der Waals surface area contributed by atoms with Gasteiger partial charge in [0.2, 0.25) is 5.91 Å². The van der Waals surface area contributed by atoms with Crippen molar-refractivity contribution < 1.29 is 19.1 Å². The molecule has 2 amide bonds. The number of morpholine rings is 1. The van der Waals surface area contributed by atoms with E-state index < -0.39 is 0 Å². The lowest BCUT2D eigenvalue weighted by Crippen LogP contribution is -2.46. The van der Waals surface area contributed by atoms with Crippen molar-refractivity contribution in [3.05, 3.63) is 24.3 Å². The Kier molecular flexibility index (Phi) is 9.36. The van der Waals surface area contributed by atoms with Crippen LogP contribution in [0.4, 0.5) is 5.69 Å². The number of unbranched alkanes of at least 4 members (excludes halogenated alkanes) is 3. The highest BCUT2D eigenvalue weighted by Crippen LogP contribution is 2.30. The minimum atomic E-state index is -0.317. The summed E-state index contributed by atoms with van der Waals surface area (Å²) in [6, 6.07) is 7.07. The van der Waals surface area contributed by atoms with Crippen molar-refractivity contribution in [2.45, 2.75) is 64.3 Å². The van der Waals surface area contributed by atoms with Crippen molar-refractivity contribution in [2.75, 3.05) is 57.4 Å². The predicted molar refractivity (Wildman–Crippen MR) is 133 cm³/mol. The summed E-state index contributed by atoms with van der Waals surface area (Å²) in [6.07, 6.45) is 8.37. The number of carbonyl (C=O) groups is 2. The van der Waals surface area contributed by atoms with E-state index in [9.17, 15) is 9.59 Å². The number of benzene rings is 1. The molecular weight excluding hydrogens is 430 g/mol. The summed E-state index contributed by atoms with van der Waals surface area (Å²) in [5, 5.41) is 0. The van der Waals surface area contributed by atoms with Crippen LogP contribution in [0.3, 0.4) is 0 Å². The van der Waals surface area contributed by atoms with Gasteiger partial charge in [-0.2, -0.15) is 0 Å². The van der Waals surface area contributed by atoms with Crippen LogP contribution in [0.2, 0.25) is 0 Å². The Morgan fingerprint density at radius 2 is 1.71 bits per heavy atom. The molecule has 7 nitrogen and oxygen atoms in total. The number of hydrogen-bond donors (Lipinski definition) is 0. The Balaban J connectivity index is 1.23. The fraction of sp³-hybridized carbons (Fsp3) is 0.704. The fourth-order valence-electron chi connectivity index (χ4n) is 5.33. The van der Waals surface area contributed by atoms with Gasteiger partial charge in [-0.25, -0.2) is 4.90 Å². The second kappa shape index (κ2) is 12.7. The van der Waals surface area contributed by atoms with Gasteiger partial charge in [-0.15, -0.1) is 0 Å². The topological polar surface area (TPSA) is 62.3 Å². The van der Waals surface area contributed by atoms with Crippen LogP contribution in [0.25, 0.3) is 0 Å². The average Bonchev–Trinajstić information content (AvgIpc) is 3.17. The summed E-state index contributed by atoms with van der Waals surface area (Å²) < 4.78 is 11.2. The van der Waals surface area contributed by atoms with Gasteiger partial charge in [0.1, 0.15) is 5.75 Å². The van der Waals surface area contributed by atoms with Gasteiger partial charge in [-0.05, 0) is 75.5 Å². The number of carbonyl (C=O) groups excluding carboxylic acids is 2. The molecule has 0 unspecified atom stereocenters. The number of rotatable bonds is 11. The summed E-state index contributed by atoms with van der Waals surface area (Å²) in [5.41, 5.74) is 0.649. The largest absolute Gasteiger partial charge is 0.494 e. The van der Waals surface area contributed by atoms with E-state index in [-0.39, 0.29) is 24.3 Å². The van der Waals surface area contributed by atoms with Gasteiger partial charge in [0.25, 0.3) is 5.91 Å². The number of piperidine rings is 1. The van der Waals surface area contributed by atoms with Gasteiger partial charge in [0.05, 0.1) is 38.0 Å². The number of anilines is 1. The Hall–Kier alpha value is -1.96. The van der Waals surface area contributed by atoms with E-state index in [1.165, 1.54) is 30.6 Å². The molecule has 0 N–H and O–H groups in total. The van der Waals surface area contributed by atoms with E-state index in [2.05, 4.69) is 16.7 Å². The first-order valence-electron chi connectivity index (χ1n) is 13.3. The first-order chi connectivity index (χ1) is 16.7. The molecule has 0 spiro atoms. The summed E-state index contributed by atoms with van der Waals surface area (Å²) in [6.45, 7) is 9.61. The standard InChI is InChI=1S/C27H41N3O4/c1-2-3-4-5-18-34-24-8-6-23(7-9-24)30-26(31)21-25(27(30)32)29-14-11-22(12-15-29)10-13-28-16-19-33-20-17-28/h6-9,22,25H,2-5,10-21H2,1H3/t25-/m1/s1. The van der Waals surface area contributed by atoms with Crippen molar-refractivity contribution in [1.29, 1.82) is 0 Å². The van der Waals surface area contributed by atoms with Crippen molar-refractivity contribution >= 4 is 17.5 Å². The number of imide groups is 1. The van der Waals surface area contributed by atoms with Gasteiger partial charge in [-0.1, -0.05) is 26.2 Å². The van der Waals surface area contributed by atoms with Gasteiger partial charge in [-0.3, -0.25) is 19.4 Å². The first kappa shape index (κ1) is 25.1. The zero-order valence-electron chi connectivity index (χ0n) is 20.8. The lowest BCUT2D eigenvalue weighted by Gasteiger charge is -2.36. The molecule has 3 saturated heterocycles. The van der Waals surface area contributed by atoms with Crippen molar-refractivity contribution in [3.63, 3.8) is 0 Å². The van der Waals surface area contributed by atoms with E-state index in [1.54, 1.807) is 0 Å². The molecule has 0 radical (unpaired) electrons. The third kappa shape index (κ3) is 6.58. The normalized spacial score (nSPS) is 23.1. The quantitative estimate of drug-likeness (QED) is 0.362. The Labute approximate surface area is 204 Å². The molecule has 4 rings (SSSR count). The molecule has 3 aliphatic rings. The van der Waals surface area contributed by atoms with E-state index in [0.717, 1.165) is 70.9 Å². The van der Waals surface area contributed by atoms with Crippen LogP contribution in [0.5, 0.6) is 5.75 Å². The van der Waals surface area contributed by atoms with Crippen LogP contribution in [0.15, 0.2) is 24.3 Å². The maximum atomic E-state index is 13.2. The van der Waals surface area contributed by atoms with Crippen molar-refractivity contribution in [1.82, 2.24) is 9.80 Å². The predicted octanol–water partition coefficient (Wildman–Crippen LogP) is 3.71. The molecule has 1 aromatic carbocycles. The van der Waals surface area contributed by atoms with Crippen LogP contribution < -0.4 is 9.64 Å². The van der Waals surface area contributed by atoms with Crippen LogP contribution in [0.1, 0.15) is 58.3 Å². The summed E-state index contributed by atoms with van der Waals surface area (Å²) in [7, 11) is 0. The molecule has 3 aliphatic heterocycles. The highest BCUT2D eigenvalue weighted by atomic mass is 16.5. The molecule has 0 bridgehead atoms. The molecule has 188 valence electrons. The highest BCUT2D eigenvalue weighted by Gasteiger charge is 2.43. The van der Waals surface area contributed by atoms with E-state index in [0.29, 0.717) is 18.2 Å². The van der Waals surface area contributed by atoms with Gasteiger partial charge < -0.3 is 9.47 Å². The maximum Gasteiger partial charge on any atom is 0.251 e. The van der Waals surface area contributed by atoms with Crippen LogP contribution in [-0.2, 0) is 14.3 Å². The van der Waals surface area contributed by atoms with Gasteiger partial charge in [0.15, 0.2) is 0 Å². The van der Waals surface area contributed by atoms with Crippen molar-refractivity contribution in [2.24, 2.45) is 5.92 Å². The highest BCUT2D eigenvalue weighted by molar-refractivity contribution is 6.22. The fourth-order valence-corrected chi connectivity index (χ4v) is 5.33. The van der Waals surface area contributed by atoms with E-state index >= 15 is 0 Å². The zero-order valence-corrected chi connectivity index (χ0v) is 20.8. The van der Waals surface area contributed by atoms with E-state index in [1.807, 2.05) is 24.3 Å². The Morgan fingerprint density at radius 3 is 2.41 bits per heavy atom. The minimum Gasteiger partial charge on any atom is -0.494 e. The maximum absolute atomic E-state index is 13.2. The van der Waals surface area contributed by atoms with E-state index in [4.69, 9.17) is 9.47 Å². The SMILES string of the molecule is CCCCCCOc1ccc(N2C(=O)C[C@@H](N3CCC(CCN4CCOCC4)CC3)C2=O)cc1. The molecular formula is C27H41N3O4. The number of nitrogens with zero attached hydrogens (tertiary/aromatic N) is 3. The van der Waals surface area contributed by atoms with Gasteiger partial charge >= 0.3 is 0 Å². The lowest BCUT2D eigenvalue weighted by atomic mass is 9.92. The molecule has 3 fully saturated rings. The summed E-state index contributed by atoms with van der Waals surface area (Å²) >= 11 is 0. The average molecular weight is 472 g/mol. The minimum absolute atomic E-state index is 0.0787. The number of ether oxygens (including phenoxy) is 2. The monoisotopic (exact) mass is 471 g/mol. The van der Waals surface area contributed by atoms with Crippen LogP contribution >= 0.6 is 0 Å². The number of likely N-dealkylation sites (tertiary alicyclic amines) is 1. The zero-order chi connectivity index (χ0) is 23.8. The van der Waals surface area contributed by atoms with Crippen LogP contribution in [-0.4, -0.2) is 80.2 Å².